The van der Waals surface area contributed by atoms with Gasteiger partial charge in [-0.3, -0.25) is 19.3 Å². The molecule has 7 nitrogen and oxygen atoms in total. The van der Waals surface area contributed by atoms with E-state index in [4.69, 9.17) is 26.9 Å². The summed E-state index contributed by atoms with van der Waals surface area (Å²) in [5.74, 6) is -3.86. The quantitative estimate of drug-likeness (QED) is 0.501. The van der Waals surface area contributed by atoms with Crippen molar-refractivity contribution < 1.29 is 29.7 Å². The highest BCUT2D eigenvalue weighted by Crippen LogP contribution is 2.06. The van der Waals surface area contributed by atoms with Crippen LogP contribution in [-0.2, 0) is 14.4 Å². The molecule has 92 valence electrons. The summed E-state index contributed by atoms with van der Waals surface area (Å²) in [6.07, 6.45) is -0.0164. The van der Waals surface area contributed by atoms with Crippen LogP contribution in [0, 0.1) is 0 Å². The number of carboxylic acid groups (broad SMARTS) is 3. The van der Waals surface area contributed by atoms with E-state index in [9.17, 15) is 14.4 Å². The van der Waals surface area contributed by atoms with E-state index in [-0.39, 0.29) is 12.3 Å². The van der Waals surface area contributed by atoms with Gasteiger partial charge in [-0.25, -0.2) is 0 Å². The Morgan fingerprint density at radius 3 is 1.75 bits per heavy atom. The molecular formula is C8H12ClNO6. The first-order valence-electron chi connectivity index (χ1n) is 4.35. The second-order valence-electron chi connectivity index (χ2n) is 3.02. The zero-order valence-corrected chi connectivity index (χ0v) is 9.05. The Kier molecular flexibility index (Phi) is 6.43. The summed E-state index contributed by atoms with van der Waals surface area (Å²) in [6.45, 7) is -1.31. The van der Waals surface area contributed by atoms with Crippen molar-refractivity contribution in [2.75, 3.05) is 19.0 Å². The SMILES string of the molecule is O=C(O)CN(CC(=O)O)C(CCCl)C(=O)O. The lowest BCUT2D eigenvalue weighted by molar-refractivity contribution is -0.149. The maximum absolute atomic E-state index is 10.8. The zero-order valence-electron chi connectivity index (χ0n) is 8.30. The fraction of sp³-hybridized carbons (Fsp3) is 0.625. The van der Waals surface area contributed by atoms with Crippen molar-refractivity contribution in [1.82, 2.24) is 4.90 Å². The van der Waals surface area contributed by atoms with E-state index in [1.807, 2.05) is 0 Å². The predicted octanol–water partition coefficient (Wildman–Crippen LogP) is -0.460. The van der Waals surface area contributed by atoms with E-state index >= 15 is 0 Å². The summed E-state index contributed by atoms with van der Waals surface area (Å²) >= 11 is 5.37. The molecule has 0 aromatic carbocycles. The molecule has 0 rings (SSSR count). The van der Waals surface area contributed by atoms with Gasteiger partial charge in [-0.2, -0.15) is 0 Å². The van der Waals surface area contributed by atoms with Crippen LogP contribution in [0.5, 0.6) is 0 Å². The molecule has 0 fully saturated rings. The van der Waals surface area contributed by atoms with Crippen LogP contribution in [0.25, 0.3) is 0 Å². The summed E-state index contributed by atoms with van der Waals surface area (Å²) in [5, 5.41) is 25.9. The van der Waals surface area contributed by atoms with Crippen molar-refractivity contribution in [3.63, 3.8) is 0 Å². The molecule has 16 heavy (non-hydrogen) atoms. The molecule has 0 aliphatic rings. The number of hydrogen-bond donors (Lipinski definition) is 3. The third kappa shape index (κ3) is 5.52. The van der Waals surface area contributed by atoms with Gasteiger partial charge in [0.25, 0.3) is 0 Å². The molecule has 0 aromatic rings. The number of carbonyl (C=O) groups is 3. The lowest BCUT2D eigenvalue weighted by atomic mass is 10.2. The Balaban J connectivity index is 4.72. The van der Waals surface area contributed by atoms with Gasteiger partial charge in [-0.1, -0.05) is 0 Å². The summed E-state index contributed by atoms with van der Waals surface area (Å²) in [4.78, 5) is 32.6. The molecule has 1 unspecified atom stereocenters. The highest BCUT2D eigenvalue weighted by Gasteiger charge is 2.28. The smallest absolute Gasteiger partial charge is 0.320 e. The van der Waals surface area contributed by atoms with E-state index < -0.39 is 37.0 Å². The van der Waals surface area contributed by atoms with E-state index in [2.05, 4.69) is 0 Å². The molecule has 1 atom stereocenters. The molecule has 3 N–H and O–H groups in total. The van der Waals surface area contributed by atoms with Gasteiger partial charge in [-0.05, 0) is 6.42 Å². The number of rotatable bonds is 8. The Morgan fingerprint density at radius 2 is 1.50 bits per heavy atom. The third-order valence-electron chi connectivity index (χ3n) is 1.79. The molecule has 0 radical (unpaired) electrons. The fourth-order valence-electron chi connectivity index (χ4n) is 1.19. The van der Waals surface area contributed by atoms with Crippen LogP contribution in [0.4, 0.5) is 0 Å². The second kappa shape index (κ2) is 7.02. The maximum Gasteiger partial charge on any atom is 0.320 e. The van der Waals surface area contributed by atoms with Crippen molar-refractivity contribution in [3.8, 4) is 0 Å². The second-order valence-corrected chi connectivity index (χ2v) is 3.40. The molecule has 0 saturated heterocycles. The lowest BCUT2D eigenvalue weighted by Crippen LogP contribution is -2.46. The summed E-state index contributed by atoms with van der Waals surface area (Å²) < 4.78 is 0. The van der Waals surface area contributed by atoms with Gasteiger partial charge in [0.05, 0.1) is 13.1 Å². The molecule has 0 bridgehead atoms. The van der Waals surface area contributed by atoms with E-state index in [0.717, 1.165) is 4.90 Å². The summed E-state index contributed by atoms with van der Waals surface area (Å²) in [5.41, 5.74) is 0. The summed E-state index contributed by atoms with van der Waals surface area (Å²) in [7, 11) is 0. The molecule has 0 heterocycles. The monoisotopic (exact) mass is 253 g/mol. The molecule has 0 aliphatic carbocycles. The first-order valence-corrected chi connectivity index (χ1v) is 4.88. The Morgan fingerprint density at radius 1 is 1.06 bits per heavy atom. The number of hydrogen-bond acceptors (Lipinski definition) is 4. The Labute approximate surface area is 96.2 Å². The first-order chi connectivity index (χ1) is 7.38. The topological polar surface area (TPSA) is 115 Å². The lowest BCUT2D eigenvalue weighted by Gasteiger charge is -2.24. The van der Waals surface area contributed by atoms with Crippen molar-refractivity contribution in [3.05, 3.63) is 0 Å². The minimum Gasteiger partial charge on any atom is -0.480 e. The van der Waals surface area contributed by atoms with Crippen LogP contribution in [-0.4, -0.2) is 63.1 Å². The van der Waals surface area contributed by atoms with E-state index in [1.165, 1.54) is 0 Å². The average Bonchev–Trinajstić information content (AvgIpc) is 2.10. The Bertz CT molecular complexity index is 266. The largest absolute Gasteiger partial charge is 0.480 e. The molecule has 8 heteroatoms. The number of nitrogens with zero attached hydrogens (tertiary/aromatic N) is 1. The number of carboxylic acids is 3. The van der Waals surface area contributed by atoms with Crippen LogP contribution in [0.1, 0.15) is 6.42 Å². The van der Waals surface area contributed by atoms with Gasteiger partial charge in [-0.15, -0.1) is 11.6 Å². The molecular weight excluding hydrogens is 242 g/mol. The average molecular weight is 254 g/mol. The van der Waals surface area contributed by atoms with Crippen LogP contribution in [0.2, 0.25) is 0 Å². The normalized spacial score (nSPS) is 12.4. The molecule has 0 aromatic heterocycles. The highest BCUT2D eigenvalue weighted by atomic mass is 35.5. The predicted molar refractivity (Wildman–Crippen MR) is 53.6 cm³/mol. The fourth-order valence-corrected chi connectivity index (χ4v) is 1.40. The number of alkyl halides is 1. The maximum atomic E-state index is 10.8. The van der Waals surface area contributed by atoms with Crippen molar-refractivity contribution in [1.29, 1.82) is 0 Å². The van der Waals surface area contributed by atoms with Crippen LogP contribution >= 0.6 is 11.6 Å². The van der Waals surface area contributed by atoms with Crippen LogP contribution in [0.3, 0.4) is 0 Å². The summed E-state index contributed by atoms with van der Waals surface area (Å²) in [6, 6.07) is -1.20. The molecule has 0 aliphatic heterocycles. The van der Waals surface area contributed by atoms with Crippen LogP contribution in [0.15, 0.2) is 0 Å². The molecule has 0 saturated carbocycles. The molecule has 0 amide bonds. The van der Waals surface area contributed by atoms with Gasteiger partial charge in [0.2, 0.25) is 0 Å². The van der Waals surface area contributed by atoms with Crippen molar-refractivity contribution in [2.24, 2.45) is 0 Å². The minimum atomic E-state index is -1.29. The van der Waals surface area contributed by atoms with Gasteiger partial charge < -0.3 is 15.3 Å². The third-order valence-corrected chi connectivity index (χ3v) is 2.00. The highest BCUT2D eigenvalue weighted by molar-refractivity contribution is 6.18. The standard InChI is InChI=1S/C8H12ClNO6/c9-2-1-5(8(15)16)10(3-6(11)12)4-7(13)14/h5H,1-4H2,(H,11,12)(H,13,14)(H,15,16). The Hall–Kier alpha value is -1.34. The van der Waals surface area contributed by atoms with Crippen molar-refractivity contribution >= 4 is 29.5 Å². The van der Waals surface area contributed by atoms with Crippen molar-refractivity contribution in [2.45, 2.75) is 12.5 Å². The first kappa shape index (κ1) is 14.7. The zero-order chi connectivity index (χ0) is 12.7. The van der Waals surface area contributed by atoms with Gasteiger partial charge >= 0.3 is 17.9 Å². The van der Waals surface area contributed by atoms with Gasteiger partial charge in [0.1, 0.15) is 6.04 Å². The van der Waals surface area contributed by atoms with E-state index in [1.54, 1.807) is 0 Å². The van der Waals surface area contributed by atoms with Crippen LogP contribution < -0.4 is 0 Å². The number of aliphatic carboxylic acids is 3. The molecule has 0 spiro atoms. The minimum absolute atomic E-state index is 0.00665. The van der Waals surface area contributed by atoms with E-state index in [0.29, 0.717) is 0 Å². The van der Waals surface area contributed by atoms with Gasteiger partial charge in [0.15, 0.2) is 0 Å². The number of halogens is 1. The van der Waals surface area contributed by atoms with Gasteiger partial charge in [0, 0.05) is 5.88 Å².